The number of anilines is 1. The first-order valence-electron chi connectivity index (χ1n) is 8.69. The minimum absolute atomic E-state index is 0.0419. The van der Waals surface area contributed by atoms with Gasteiger partial charge in [-0.2, -0.15) is 13.2 Å². The number of ether oxygens (including phenoxy) is 1. The van der Waals surface area contributed by atoms with E-state index in [1.54, 1.807) is 12.1 Å². The number of esters is 1. The van der Waals surface area contributed by atoms with Crippen molar-refractivity contribution in [3.63, 3.8) is 0 Å². The summed E-state index contributed by atoms with van der Waals surface area (Å²) in [5.74, 6) is -2.13. The zero-order chi connectivity index (χ0) is 21.4. The molecule has 2 N–H and O–H groups in total. The largest absolute Gasteiger partial charge is 0.454 e. The number of carbonyl (C=O) groups is 3. The van der Waals surface area contributed by atoms with E-state index in [1.165, 1.54) is 0 Å². The lowest BCUT2D eigenvalue weighted by atomic mass is 10.1. The second-order valence-electron chi connectivity index (χ2n) is 5.98. The molecule has 0 saturated carbocycles. The zero-order valence-corrected chi connectivity index (χ0v) is 15.5. The Balaban J connectivity index is 1.78. The molecule has 29 heavy (non-hydrogen) atoms. The Morgan fingerprint density at radius 1 is 1.00 bits per heavy atom. The third-order valence-electron chi connectivity index (χ3n) is 3.90. The molecule has 2 aromatic carbocycles. The molecule has 0 aromatic heterocycles. The van der Waals surface area contributed by atoms with Crippen LogP contribution in [0, 0.1) is 0 Å². The molecular formula is C20H19F3N2O4. The zero-order valence-electron chi connectivity index (χ0n) is 15.5. The minimum atomic E-state index is -4.50. The van der Waals surface area contributed by atoms with Gasteiger partial charge in [0.1, 0.15) is 6.54 Å². The van der Waals surface area contributed by atoms with Crippen LogP contribution in [0.15, 0.2) is 48.5 Å². The van der Waals surface area contributed by atoms with Gasteiger partial charge in [-0.1, -0.05) is 25.1 Å². The van der Waals surface area contributed by atoms with Gasteiger partial charge in [0, 0.05) is 11.3 Å². The van der Waals surface area contributed by atoms with Crippen LogP contribution in [0.3, 0.4) is 0 Å². The minimum Gasteiger partial charge on any atom is -0.454 e. The molecule has 0 unspecified atom stereocenters. The molecule has 0 spiro atoms. The molecule has 2 aromatic rings. The van der Waals surface area contributed by atoms with Gasteiger partial charge >= 0.3 is 12.1 Å². The lowest BCUT2D eigenvalue weighted by Crippen LogP contribution is -2.32. The molecule has 9 heteroatoms. The van der Waals surface area contributed by atoms with E-state index in [2.05, 4.69) is 10.6 Å². The maximum absolute atomic E-state index is 12.5. The summed E-state index contributed by atoms with van der Waals surface area (Å²) in [6, 6.07) is 10.7. The highest BCUT2D eigenvalue weighted by molar-refractivity contribution is 5.96. The van der Waals surface area contributed by atoms with Crippen molar-refractivity contribution in [1.29, 1.82) is 0 Å². The smallest absolute Gasteiger partial charge is 0.416 e. The van der Waals surface area contributed by atoms with Gasteiger partial charge < -0.3 is 15.4 Å². The number of rotatable bonds is 7. The second-order valence-corrected chi connectivity index (χ2v) is 5.98. The fourth-order valence-electron chi connectivity index (χ4n) is 2.40. The number of halogens is 3. The van der Waals surface area contributed by atoms with Crippen LogP contribution < -0.4 is 10.6 Å². The average molecular weight is 408 g/mol. The summed E-state index contributed by atoms with van der Waals surface area (Å²) in [5, 5.41) is 4.85. The number of hydrogen-bond acceptors (Lipinski definition) is 4. The van der Waals surface area contributed by atoms with E-state index in [1.807, 2.05) is 19.1 Å². The number of alkyl halides is 3. The number of aryl methyl sites for hydroxylation is 1. The van der Waals surface area contributed by atoms with Crippen LogP contribution in [0.2, 0.25) is 0 Å². The first-order chi connectivity index (χ1) is 13.7. The van der Waals surface area contributed by atoms with Gasteiger partial charge in [0.2, 0.25) is 0 Å². The predicted molar refractivity (Wildman–Crippen MR) is 99.2 cm³/mol. The Morgan fingerprint density at radius 3 is 2.28 bits per heavy atom. The topological polar surface area (TPSA) is 84.5 Å². The molecule has 2 amide bonds. The summed E-state index contributed by atoms with van der Waals surface area (Å²) in [5.41, 5.74) is 0.617. The van der Waals surface area contributed by atoms with Crippen molar-refractivity contribution in [1.82, 2.24) is 5.32 Å². The van der Waals surface area contributed by atoms with Gasteiger partial charge in [0.05, 0.1) is 5.56 Å². The summed E-state index contributed by atoms with van der Waals surface area (Å²) < 4.78 is 42.3. The monoisotopic (exact) mass is 408 g/mol. The van der Waals surface area contributed by atoms with Gasteiger partial charge in [-0.15, -0.1) is 0 Å². The third kappa shape index (κ3) is 6.63. The predicted octanol–water partition coefficient (Wildman–Crippen LogP) is 3.18. The van der Waals surface area contributed by atoms with Crippen molar-refractivity contribution >= 4 is 23.5 Å². The van der Waals surface area contributed by atoms with Crippen molar-refractivity contribution in [2.75, 3.05) is 18.5 Å². The number of nitrogens with one attached hydrogen (secondary N) is 2. The average Bonchev–Trinajstić information content (AvgIpc) is 2.70. The molecule has 0 fully saturated rings. The summed E-state index contributed by atoms with van der Waals surface area (Å²) in [6.45, 7) is 0.871. The number of hydrogen-bond donors (Lipinski definition) is 2. The van der Waals surface area contributed by atoms with Gasteiger partial charge in [-0.05, 0) is 42.3 Å². The van der Waals surface area contributed by atoms with Crippen molar-refractivity contribution < 1.29 is 32.3 Å². The number of amides is 2. The summed E-state index contributed by atoms with van der Waals surface area (Å²) in [7, 11) is 0. The molecule has 6 nitrogen and oxygen atoms in total. The SMILES string of the molecule is CCc1ccccc1NC(=O)COC(=O)CNC(=O)c1ccc(C(F)(F)F)cc1. The van der Waals surface area contributed by atoms with Crippen LogP contribution in [0.5, 0.6) is 0 Å². The highest BCUT2D eigenvalue weighted by Gasteiger charge is 2.30. The van der Waals surface area contributed by atoms with Gasteiger partial charge in [-0.3, -0.25) is 14.4 Å². The van der Waals surface area contributed by atoms with E-state index in [0.717, 1.165) is 29.8 Å². The number of para-hydroxylation sites is 1. The van der Waals surface area contributed by atoms with Crippen molar-refractivity contribution in [2.45, 2.75) is 19.5 Å². The Hall–Kier alpha value is -3.36. The van der Waals surface area contributed by atoms with E-state index >= 15 is 0 Å². The lowest BCUT2D eigenvalue weighted by molar-refractivity contribution is -0.146. The van der Waals surface area contributed by atoms with E-state index < -0.39 is 42.7 Å². The molecule has 154 valence electrons. The van der Waals surface area contributed by atoms with Crippen molar-refractivity contribution in [2.24, 2.45) is 0 Å². The highest BCUT2D eigenvalue weighted by atomic mass is 19.4. The maximum atomic E-state index is 12.5. The van der Waals surface area contributed by atoms with Crippen LogP contribution in [0.25, 0.3) is 0 Å². The maximum Gasteiger partial charge on any atom is 0.416 e. The lowest BCUT2D eigenvalue weighted by Gasteiger charge is -2.10. The van der Waals surface area contributed by atoms with Crippen molar-refractivity contribution in [3.05, 3.63) is 65.2 Å². The van der Waals surface area contributed by atoms with Crippen molar-refractivity contribution in [3.8, 4) is 0 Å². The van der Waals surface area contributed by atoms with Crippen LogP contribution in [-0.4, -0.2) is 30.9 Å². The second kappa shape index (κ2) is 9.72. The molecule has 0 aliphatic rings. The fraction of sp³-hybridized carbons (Fsp3) is 0.250. The summed E-state index contributed by atoms with van der Waals surface area (Å²) in [6.07, 6.45) is -3.79. The highest BCUT2D eigenvalue weighted by Crippen LogP contribution is 2.29. The standard InChI is InChI=1S/C20H19F3N2O4/c1-2-13-5-3-4-6-16(13)25-17(26)12-29-18(27)11-24-19(28)14-7-9-15(10-8-14)20(21,22)23/h3-10H,2,11-12H2,1H3,(H,24,28)(H,25,26). The van der Waals surface area contributed by atoms with E-state index in [4.69, 9.17) is 4.74 Å². The van der Waals surface area contributed by atoms with Crippen LogP contribution in [0.1, 0.15) is 28.4 Å². The Labute approximate surface area is 165 Å². The molecule has 0 bridgehead atoms. The molecular weight excluding hydrogens is 389 g/mol. The van der Waals surface area contributed by atoms with E-state index in [9.17, 15) is 27.6 Å². The molecule has 0 atom stereocenters. The Morgan fingerprint density at radius 2 is 1.66 bits per heavy atom. The quantitative estimate of drug-likeness (QED) is 0.690. The normalized spacial score (nSPS) is 10.9. The van der Waals surface area contributed by atoms with E-state index in [-0.39, 0.29) is 5.56 Å². The van der Waals surface area contributed by atoms with Crippen LogP contribution in [-0.2, 0) is 26.9 Å². The Kier molecular flexibility index (Phi) is 7.35. The van der Waals surface area contributed by atoms with Crippen LogP contribution >= 0.6 is 0 Å². The number of benzene rings is 2. The van der Waals surface area contributed by atoms with Gasteiger partial charge in [-0.25, -0.2) is 0 Å². The van der Waals surface area contributed by atoms with Gasteiger partial charge in [0.15, 0.2) is 6.61 Å². The van der Waals surface area contributed by atoms with Gasteiger partial charge in [0.25, 0.3) is 11.8 Å². The first-order valence-corrected chi connectivity index (χ1v) is 8.69. The van der Waals surface area contributed by atoms with Crippen LogP contribution in [0.4, 0.5) is 18.9 Å². The molecule has 0 aliphatic heterocycles. The molecule has 2 rings (SSSR count). The Bertz CT molecular complexity index is 880. The molecule has 0 saturated heterocycles. The summed E-state index contributed by atoms with van der Waals surface area (Å²) in [4.78, 5) is 35.4. The van der Waals surface area contributed by atoms with E-state index in [0.29, 0.717) is 12.1 Å². The third-order valence-corrected chi connectivity index (χ3v) is 3.90. The first kappa shape index (κ1) is 21.9. The summed E-state index contributed by atoms with van der Waals surface area (Å²) >= 11 is 0. The fourth-order valence-corrected chi connectivity index (χ4v) is 2.40. The molecule has 0 aliphatic carbocycles. The molecule has 0 heterocycles. The molecule has 0 radical (unpaired) electrons. The number of carbonyl (C=O) groups excluding carboxylic acids is 3.